The summed E-state index contributed by atoms with van der Waals surface area (Å²) in [5.74, 6) is -0.979. The Morgan fingerprint density at radius 1 is 1.16 bits per heavy atom. The highest BCUT2D eigenvalue weighted by molar-refractivity contribution is 5.83. The van der Waals surface area contributed by atoms with Crippen molar-refractivity contribution in [2.75, 3.05) is 20.1 Å². The monoisotopic (exact) mass is 283 g/mol. The molecule has 0 saturated carbocycles. The van der Waals surface area contributed by atoms with Crippen LogP contribution in [-0.2, 0) is 9.59 Å². The lowest BCUT2D eigenvalue weighted by Crippen LogP contribution is -2.50. The van der Waals surface area contributed by atoms with E-state index in [0.717, 1.165) is 0 Å². The lowest BCUT2D eigenvalue weighted by Gasteiger charge is -2.25. The molecule has 0 aromatic rings. The molecule has 112 valence electrons. The zero-order chi connectivity index (χ0) is 15.3. The van der Waals surface area contributed by atoms with Crippen molar-refractivity contribution in [1.29, 1.82) is 0 Å². The van der Waals surface area contributed by atoms with Gasteiger partial charge in [-0.05, 0) is 20.8 Å². The van der Waals surface area contributed by atoms with Gasteiger partial charge in [-0.1, -0.05) is 0 Å². The molecule has 5 nitrogen and oxygen atoms in total. The normalized spacial score (nSPS) is 13.8. The molecule has 3 N–H and O–H groups in total. The smallest absolute Gasteiger partial charge is 0.359 e. The van der Waals surface area contributed by atoms with E-state index < -0.39 is 30.1 Å². The maximum absolute atomic E-state index is 11.9. The molecule has 1 atom stereocenters. The van der Waals surface area contributed by atoms with Gasteiger partial charge in [0.25, 0.3) is 0 Å². The van der Waals surface area contributed by atoms with E-state index in [1.807, 2.05) is 0 Å². The molecule has 0 radical (unpaired) electrons. The number of alkyl halides is 3. The largest absolute Gasteiger partial charge is 0.405 e. The molecule has 0 aliphatic carbocycles. The summed E-state index contributed by atoms with van der Waals surface area (Å²) in [6.45, 7) is 3.58. The van der Waals surface area contributed by atoms with E-state index in [0.29, 0.717) is 0 Å². The van der Waals surface area contributed by atoms with Crippen LogP contribution in [0, 0.1) is 5.41 Å². The molecule has 8 heteroatoms. The van der Waals surface area contributed by atoms with Crippen molar-refractivity contribution >= 4 is 11.8 Å². The van der Waals surface area contributed by atoms with Gasteiger partial charge in [-0.25, -0.2) is 0 Å². The summed E-state index contributed by atoms with van der Waals surface area (Å²) in [6.07, 6.45) is -4.43. The molecule has 0 bridgehead atoms. The van der Waals surface area contributed by atoms with E-state index in [1.54, 1.807) is 19.2 Å². The molecule has 0 rings (SSSR count). The van der Waals surface area contributed by atoms with Crippen LogP contribution in [0.1, 0.15) is 20.8 Å². The minimum atomic E-state index is -4.43. The fourth-order valence-corrected chi connectivity index (χ4v) is 1.26. The quantitative estimate of drug-likeness (QED) is 0.661. The van der Waals surface area contributed by atoms with Gasteiger partial charge >= 0.3 is 6.18 Å². The molecule has 0 aromatic heterocycles. The van der Waals surface area contributed by atoms with E-state index in [1.165, 1.54) is 14.0 Å². The standard InChI is InChI=1S/C11H20F3N3O2/c1-7(8(18)17-6-11(12,13)14)16-5-10(2,3)9(19)15-4/h7,16H,5-6H2,1-4H3,(H,15,19)(H,17,18). The number of halogens is 3. The molecule has 0 saturated heterocycles. The molecule has 2 amide bonds. The van der Waals surface area contributed by atoms with Gasteiger partial charge in [0.2, 0.25) is 11.8 Å². The second-order valence-corrected chi connectivity index (χ2v) is 4.90. The maximum Gasteiger partial charge on any atom is 0.405 e. The minimum Gasteiger partial charge on any atom is -0.359 e. The van der Waals surface area contributed by atoms with E-state index in [-0.39, 0.29) is 12.5 Å². The van der Waals surface area contributed by atoms with Crippen LogP contribution in [0.5, 0.6) is 0 Å². The minimum absolute atomic E-state index is 0.174. The maximum atomic E-state index is 11.9. The van der Waals surface area contributed by atoms with Crippen molar-refractivity contribution in [2.24, 2.45) is 5.41 Å². The third-order valence-corrected chi connectivity index (χ3v) is 2.55. The molecular formula is C11H20F3N3O2. The van der Waals surface area contributed by atoms with Gasteiger partial charge in [0.1, 0.15) is 6.54 Å². The number of nitrogens with one attached hydrogen (secondary N) is 3. The molecule has 0 spiro atoms. The lowest BCUT2D eigenvalue weighted by atomic mass is 9.92. The topological polar surface area (TPSA) is 70.2 Å². The Kier molecular flexibility index (Phi) is 6.28. The van der Waals surface area contributed by atoms with Crippen molar-refractivity contribution in [3.05, 3.63) is 0 Å². The highest BCUT2D eigenvalue weighted by Crippen LogP contribution is 2.14. The summed E-state index contributed by atoms with van der Waals surface area (Å²) in [6, 6.07) is -0.814. The first-order chi connectivity index (χ1) is 8.49. The Morgan fingerprint density at radius 2 is 1.68 bits per heavy atom. The summed E-state index contributed by atoms with van der Waals surface area (Å²) in [5.41, 5.74) is -0.757. The zero-order valence-electron chi connectivity index (χ0n) is 11.4. The van der Waals surface area contributed by atoms with E-state index in [2.05, 4.69) is 10.6 Å². The summed E-state index contributed by atoms with van der Waals surface area (Å²) in [5, 5.41) is 6.98. The van der Waals surface area contributed by atoms with E-state index in [4.69, 9.17) is 0 Å². The number of amides is 2. The molecule has 0 aromatic carbocycles. The van der Waals surface area contributed by atoms with Gasteiger partial charge in [-0.15, -0.1) is 0 Å². The highest BCUT2D eigenvalue weighted by Gasteiger charge is 2.30. The predicted molar refractivity (Wildman–Crippen MR) is 64.4 cm³/mol. The van der Waals surface area contributed by atoms with Crippen LogP contribution in [0.15, 0.2) is 0 Å². The van der Waals surface area contributed by atoms with Gasteiger partial charge in [-0.3, -0.25) is 9.59 Å². The number of carbonyl (C=O) groups excluding carboxylic acids is 2. The number of hydrogen-bond donors (Lipinski definition) is 3. The summed E-state index contributed by atoms with van der Waals surface area (Å²) in [4.78, 5) is 22.8. The molecule has 0 aliphatic rings. The second-order valence-electron chi connectivity index (χ2n) is 4.90. The SMILES string of the molecule is CNC(=O)C(C)(C)CNC(C)C(=O)NCC(F)(F)F. The Balaban J connectivity index is 4.21. The van der Waals surface area contributed by atoms with Crippen molar-refractivity contribution in [3.63, 3.8) is 0 Å². The number of rotatable bonds is 6. The second kappa shape index (κ2) is 6.74. The van der Waals surface area contributed by atoms with Crippen LogP contribution < -0.4 is 16.0 Å². The van der Waals surface area contributed by atoms with Crippen LogP contribution >= 0.6 is 0 Å². The first-order valence-electron chi connectivity index (χ1n) is 5.79. The Bertz CT molecular complexity index is 330. The van der Waals surface area contributed by atoms with E-state index in [9.17, 15) is 22.8 Å². The first kappa shape index (κ1) is 17.7. The van der Waals surface area contributed by atoms with Crippen LogP contribution in [0.2, 0.25) is 0 Å². The third-order valence-electron chi connectivity index (χ3n) is 2.55. The molecule has 1 unspecified atom stereocenters. The number of carbonyl (C=O) groups is 2. The van der Waals surface area contributed by atoms with Crippen LogP contribution in [-0.4, -0.2) is 44.2 Å². The predicted octanol–water partition coefficient (Wildman–Crippen LogP) is 0.415. The average Bonchev–Trinajstić information content (AvgIpc) is 2.30. The zero-order valence-corrected chi connectivity index (χ0v) is 11.4. The summed E-state index contributed by atoms with van der Waals surface area (Å²) >= 11 is 0. The third kappa shape index (κ3) is 7.00. The fraction of sp³-hybridized carbons (Fsp3) is 0.818. The first-order valence-corrected chi connectivity index (χ1v) is 5.79. The lowest BCUT2D eigenvalue weighted by molar-refractivity contribution is -0.139. The van der Waals surface area contributed by atoms with Crippen LogP contribution in [0.3, 0.4) is 0 Å². The van der Waals surface area contributed by atoms with Gasteiger partial charge in [0.05, 0.1) is 11.5 Å². The molecule has 0 fully saturated rings. The fourth-order valence-electron chi connectivity index (χ4n) is 1.26. The van der Waals surface area contributed by atoms with Crippen molar-refractivity contribution in [3.8, 4) is 0 Å². The van der Waals surface area contributed by atoms with Crippen LogP contribution in [0.25, 0.3) is 0 Å². The van der Waals surface area contributed by atoms with E-state index >= 15 is 0 Å². The summed E-state index contributed by atoms with van der Waals surface area (Å²) in [7, 11) is 1.49. The Hall–Kier alpha value is -1.31. The summed E-state index contributed by atoms with van der Waals surface area (Å²) < 4.78 is 35.8. The van der Waals surface area contributed by atoms with Gasteiger partial charge in [0.15, 0.2) is 0 Å². The molecular weight excluding hydrogens is 263 g/mol. The number of hydrogen-bond acceptors (Lipinski definition) is 3. The highest BCUT2D eigenvalue weighted by atomic mass is 19.4. The van der Waals surface area contributed by atoms with Crippen molar-refractivity contribution in [1.82, 2.24) is 16.0 Å². The molecule has 0 heterocycles. The van der Waals surface area contributed by atoms with Gasteiger partial charge < -0.3 is 16.0 Å². The average molecular weight is 283 g/mol. The van der Waals surface area contributed by atoms with Gasteiger partial charge in [-0.2, -0.15) is 13.2 Å². The Morgan fingerprint density at radius 3 is 2.11 bits per heavy atom. The van der Waals surface area contributed by atoms with Crippen molar-refractivity contribution in [2.45, 2.75) is 33.0 Å². The van der Waals surface area contributed by atoms with Crippen molar-refractivity contribution < 1.29 is 22.8 Å². The molecule has 19 heavy (non-hydrogen) atoms. The van der Waals surface area contributed by atoms with Gasteiger partial charge in [0, 0.05) is 13.6 Å². The Labute approximate surface area is 110 Å². The molecule has 0 aliphatic heterocycles. The van der Waals surface area contributed by atoms with Crippen LogP contribution in [0.4, 0.5) is 13.2 Å².